The van der Waals surface area contributed by atoms with Crippen LogP contribution in [0, 0.1) is 23.2 Å². The lowest BCUT2D eigenvalue weighted by molar-refractivity contribution is -0.185. The second-order valence-electron chi connectivity index (χ2n) is 13.3. The molecule has 5 fully saturated rings. The minimum absolute atomic E-state index is 0.0204. The third kappa shape index (κ3) is 5.46. The normalized spacial score (nSPS) is 33.4. The number of nitrogens with one attached hydrogen (secondary N) is 2. The van der Waals surface area contributed by atoms with Crippen LogP contribution in [0.1, 0.15) is 59.9 Å². The van der Waals surface area contributed by atoms with Crippen molar-refractivity contribution in [1.82, 2.24) is 15.8 Å². The van der Waals surface area contributed by atoms with Crippen molar-refractivity contribution in [3.63, 3.8) is 0 Å². The van der Waals surface area contributed by atoms with Crippen molar-refractivity contribution < 1.29 is 23.6 Å². The van der Waals surface area contributed by atoms with E-state index in [-0.39, 0.29) is 47.3 Å². The Hall–Kier alpha value is -1.94. The summed E-state index contributed by atoms with van der Waals surface area (Å²) in [4.78, 5) is 25.8. The topological polar surface area (TPSA) is 89.1 Å². The molecule has 37 heavy (non-hydrogen) atoms. The van der Waals surface area contributed by atoms with Crippen LogP contribution in [0.15, 0.2) is 30.3 Å². The van der Waals surface area contributed by atoms with E-state index in [1.54, 1.807) is 0 Å². The van der Waals surface area contributed by atoms with Gasteiger partial charge in [-0.25, -0.2) is 5.01 Å². The van der Waals surface area contributed by atoms with Crippen molar-refractivity contribution in [2.24, 2.45) is 23.2 Å². The third-order valence-corrected chi connectivity index (χ3v) is 8.87. The lowest BCUT2D eigenvalue weighted by atomic mass is 9.45. The minimum Gasteiger partial charge on any atom is -0.460 e. The quantitative estimate of drug-likeness (QED) is 0.430. The van der Waals surface area contributed by atoms with E-state index >= 15 is 0 Å². The highest BCUT2D eigenvalue weighted by Gasteiger charge is 2.67. The van der Waals surface area contributed by atoms with Crippen LogP contribution < -0.4 is 10.7 Å². The molecule has 2 N–H and O–H groups in total. The van der Waals surface area contributed by atoms with Crippen molar-refractivity contribution in [3.05, 3.63) is 35.9 Å². The van der Waals surface area contributed by atoms with E-state index in [4.69, 9.17) is 14.0 Å². The number of esters is 1. The highest BCUT2D eigenvalue weighted by atomic mass is 16.7. The maximum absolute atomic E-state index is 13.1. The van der Waals surface area contributed by atoms with Gasteiger partial charge in [0.1, 0.15) is 5.60 Å². The molecule has 8 nitrogen and oxygen atoms in total. The fourth-order valence-corrected chi connectivity index (χ4v) is 6.71. The summed E-state index contributed by atoms with van der Waals surface area (Å²) in [7, 11) is -0.549. The lowest BCUT2D eigenvalue weighted by Gasteiger charge is -2.63. The SMILES string of the molecule is CC(C)(C)OC(=O)C1CNN(C[C@@H](NC(=O)Cc2ccccc2)B2OC3[C@@H]4C[C@H](C[C@]3(C)O2)C4(C)C)C1. The average molecular weight is 511 g/mol. The summed E-state index contributed by atoms with van der Waals surface area (Å²) in [6, 6.07) is 9.73. The summed E-state index contributed by atoms with van der Waals surface area (Å²) in [6.07, 6.45) is 2.47. The zero-order chi connectivity index (χ0) is 26.6. The molecule has 0 spiro atoms. The number of benzene rings is 1. The van der Waals surface area contributed by atoms with Gasteiger partial charge in [-0.2, -0.15) is 0 Å². The van der Waals surface area contributed by atoms with Crippen LogP contribution in [0.25, 0.3) is 0 Å². The van der Waals surface area contributed by atoms with Gasteiger partial charge in [0.05, 0.1) is 30.0 Å². The predicted molar refractivity (Wildman–Crippen MR) is 141 cm³/mol. The number of ether oxygens (including phenoxy) is 1. The Morgan fingerprint density at radius 1 is 1.24 bits per heavy atom. The molecular formula is C28H42BN3O5. The zero-order valence-corrected chi connectivity index (χ0v) is 23.1. The molecule has 2 aliphatic heterocycles. The van der Waals surface area contributed by atoms with Crippen molar-refractivity contribution in [2.75, 3.05) is 19.6 Å². The summed E-state index contributed by atoms with van der Waals surface area (Å²) in [5.74, 6) is 0.171. The van der Waals surface area contributed by atoms with Crippen LogP contribution in [0.2, 0.25) is 0 Å². The third-order valence-electron chi connectivity index (χ3n) is 8.87. The van der Waals surface area contributed by atoms with Gasteiger partial charge in [0, 0.05) is 19.6 Å². The monoisotopic (exact) mass is 511 g/mol. The Kier molecular flexibility index (Phi) is 6.97. The molecule has 1 aromatic carbocycles. The molecule has 6 atom stereocenters. The number of hydrogen-bond acceptors (Lipinski definition) is 7. The molecule has 2 saturated heterocycles. The first-order valence-electron chi connectivity index (χ1n) is 13.7. The van der Waals surface area contributed by atoms with Gasteiger partial charge >= 0.3 is 13.1 Å². The van der Waals surface area contributed by atoms with Gasteiger partial charge in [-0.05, 0) is 63.4 Å². The molecule has 9 heteroatoms. The summed E-state index contributed by atoms with van der Waals surface area (Å²) in [5.41, 5.74) is 3.67. The molecule has 1 amide bonds. The Balaban J connectivity index is 1.28. The first-order chi connectivity index (χ1) is 17.3. The Labute approximate surface area is 221 Å². The molecule has 0 radical (unpaired) electrons. The molecule has 6 rings (SSSR count). The first-order valence-corrected chi connectivity index (χ1v) is 13.7. The van der Waals surface area contributed by atoms with E-state index in [2.05, 4.69) is 31.5 Å². The van der Waals surface area contributed by atoms with Gasteiger partial charge in [-0.15, -0.1) is 0 Å². The van der Waals surface area contributed by atoms with Crippen molar-refractivity contribution >= 4 is 19.0 Å². The van der Waals surface area contributed by atoms with Crippen LogP contribution in [0.5, 0.6) is 0 Å². The number of nitrogens with zero attached hydrogens (tertiary/aromatic N) is 1. The number of rotatable bonds is 7. The largest absolute Gasteiger partial charge is 0.483 e. The second-order valence-corrected chi connectivity index (χ2v) is 13.3. The van der Waals surface area contributed by atoms with Gasteiger partial charge in [-0.3, -0.25) is 15.0 Å². The fourth-order valence-electron chi connectivity index (χ4n) is 6.71. The summed E-state index contributed by atoms with van der Waals surface area (Å²) in [5, 5.41) is 5.19. The van der Waals surface area contributed by atoms with E-state index in [0.717, 1.165) is 12.0 Å². The van der Waals surface area contributed by atoms with E-state index in [1.807, 2.05) is 56.1 Å². The van der Waals surface area contributed by atoms with Crippen LogP contribution in [-0.2, 0) is 30.1 Å². The average Bonchev–Trinajstić information content (AvgIpc) is 3.42. The second kappa shape index (κ2) is 9.67. The summed E-state index contributed by atoms with van der Waals surface area (Å²) < 4.78 is 18.9. The molecule has 2 bridgehead atoms. The zero-order valence-electron chi connectivity index (χ0n) is 23.1. The maximum atomic E-state index is 13.1. The van der Waals surface area contributed by atoms with Gasteiger partial charge < -0.3 is 19.4 Å². The first kappa shape index (κ1) is 26.7. The molecule has 3 saturated carbocycles. The smallest absolute Gasteiger partial charge is 0.460 e. The summed E-state index contributed by atoms with van der Waals surface area (Å²) in [6.45, 7) is 14.0. The van der Waals surface area contributed by atoms with Crippen LogP contribution in [0.4, 0.5) is 0 Å². The minimum atomic E-state index is -0.549. The Morgan fingerprint density at radius 3 is 2.65 bits per heavy atom. The van der Waals surface area contributed by atoms with Crippen LogP contribution >= 0.6 is 0 Å². The van der Waals surface area contributed by atoms with Crippen LogP contribution in [0.3, 0.4) is 0 Å². The molecule has 5 aliphatic rings. The fraction of sp³-hybridized carbons (Fsp3) is 0.714. The van der Waals surface area contributed by atoms with Crippen LogP contribution in [-0.4, -0.2) is 66.9 Å². The standard InChI is InChI=1S/C28H42BN3O5/c1-26(2,3)35-25(34)19-15-30-32(16-19)17-22(31-23(33)12-18-10-8-7-9-11-18)29-36-24-21-13-20(27(21,4)5)14-28(24,6)37-29/h7-11,19-22,24,30H,12-17H2,1-6H3,(H,31,33)/t19?,20-,21+,22-,24?,28+/m1/s1. The number of carbonyl (C=O) groups excluding carboxylic acids is 2. The van der Waals surface area contributed by atoms with Gasteiger partial charge in [-0.1, -0.05) is 44.2 Å². The number of carbonyl (C=O) groups is 2. The molecule has 3 aliphatic carbocycles. The number of hydrogen-bond donors (Lipinski definition) is 2. The number of hydrazine groups is 1. The van der Waals surface area contributed by atoms with E-state index in [9.17, 15) is 9.59 Å². The van der Waals surface area contributed by atoms with E-state index < -0.39 is 12.7 Å². The summed E-state index contributed by atoms with van der Waals surface area (Å²) >= 11 is 0. The molecular weight excluding hydrogens is 469 g/mol. The highest BCUT2D eigenvalue weighted by Crippen LogP contribution is 2.64. The highest BCUT2D eigenvalue weighted by molar-refractivity contribution is 6.48. The number of amides is 1. The molecule has 2 heterocycles. The molecule has 1 aromatic rings. The van der Waals surface area contributed by atoms with Crippen molar-refractivity contribution in [3.8, 4) is 0 Å². The lowest BCUT2D eigenvalue weighted by Crippen LogP contribution is -2.63. The van der Waals surface area contributed by atoms with Gasteiger partial charge in [0.25, 0.3) is 0 Å². The predicted octanol–water partition coefficient (Wildman–Crippen LogP) is 2.76. The van der Waals surface area contributed by atoms with Gasteiger partial charge in [0.2, 0.25) is 5.91 Å². The molecule has 0 aromatic heterocycles. The van der Waals surface area contributed by atoms with E-state index in [1.165, 1.54) is 6.42 Å². The Bertz CT molecular complexity index is 1010. The van der Waals surface area contributed by atoms with Crippen molar-refractivity contribution in [1.29, 1.82) is 0 Å². The van der Waals surface area contributed by atoms with E-state index in [0.29, 0.717) is 31.5 Å². The van der Waals surface area contributed by atoms with Gasteiger partial charge in [0.15, 0.2) is 0 Å². The molecule has 2 unspecified atom stereocenters. The molecule has 202 valence electrons. The Morgan fingerprint density at radius 2 is 1.97 bits per heavy atom. The maximum Gasteiger partial charge on any atom is 0.483 e. The van der Waals surface area contributed by atoms with Crippen molar-refractivity contribution in [2.45, 2.75) is 84.1 Å².